The van der Waals surface area contributed by atoms with Crippen LogP contribution >= 0.6 is 0 Å². The van der Waals surface area contributed by atoms with Crippen molar-refractivity contribution in [3.05, 3.63) is 84.5 Å². The van der Waals surface area contributed by atoms with Crippen LogP contribution in [0.5, 0.6) is 0 Å². The third-order valence-electron chi connectivity index (χ3n) is 6.24. The van der Waals surface area contributed by atoms with Gasteiger partial charge in [-0.25, -0.2) is 0 Å². The van der Waals surface area contributed by atoms with E-state index in [2.05, 4.69) is 114 Å². The molecule has 1 atom stereocenters. The highest BCUT2D eigenvalue weighted by Crippen LogP contribution is 2.37. The second-order valence-electron chi connectivity index (χ2n) is 10.6. The van der Waals surface area contributed by atoms with E-state index in [0.717, 1.165) is 6.42 Å². The lowest BCUT2D eigenvalue weighted by Gasteiger charge is -2.43. The summed E-state index contributed by atoms with van der Waals surface area (Å²) < 4.78 is 18.1. The fourth-order valence-electron chi connectivity index (χ4n) is 4.08. The molecule has 0 unspecified atom stereocenters. The zero-order valence-corrected chi connectivity index (χ0v) is 23.4. The first-order valence-corrected chi connectivity index (χ1v) is 14.2. The molecule has 0 heterocycles. The van der Waals surface area contributed by atoms with Gasteiger partial charge in [-0.3, -0.25) is 0 Å². The van der Waals surface area contributed by atoms with E-state index >= 15 is 0 Å². The lowest BCUT2D eigenvalue weighted by atomic mass is 10.1. The van der Waals surface area contributed by atoms with Gasteiger partial charge in [0.25, 0.3) is 8.32 Å². The molecule has 0 aliphatic rings. The second-order valence-corrected chi connectivity index (χ2v) is 14.9. The van der Waals surface area contributed by atoms with E-state index in [1.807, 2.05) is 13.8 Å². The molecule has 0 saturated heterocycles. The number of hydrogen-bond donors (Lipinski definition) is 0. The smallest absolute Gasteiger partial charge is 0.261 e. The number of allylic oxidation sites excluding steroid dienone is 2. The van der Waals surface area contributed by atoms with Gasteiger partial charge in [-0.2, -0.15) is 0 Å². The van der Waals surface area contributed by atoms with Gasteiger partial charge in [-0.15, -0.1) is 0 Å². The highest BCUT2D eigenvalue weighted by atomic mass is 28.4. The monoisotopic (exact) mass is 480 g/mol. The molecule has 4 heteroatoms. The summed E-state index contributed by atoms with van der Waals surface area (Å²) in [5, 5.41) is 2.63. The summed E-state index contributed by atoms with van der Waals surface area (Å²) in [7, 11) is -0.822. The average Bonchev–Trinajstić information content (AvgIpc) is 2.80. The van der Waals surface area contributed by atoms with Crippen molar-refractivity contribution in [3.63, 3.8) is 0 Å². The highest BCUT2D eigenvalue weighted by molar-refractivity contribution is 6.99. The third kappa shape index (κ3) is 7.77. The summed E-state index contributed by atoms with van der Waals surface area (Å²) in [6.07, 6.45) is 7.43. The second kappa shape index (κ2) is 12.6. The van der Waals surface area contributed by atoms with Gasteiger partial charge in [-0.05, 0) is 48.5 Å². The summed E-state index contributed by atoms with van der Waals surface area (Å²) in [6.45, 7) is 16.5. The van der Waals surface area contributed by atoms with Crippen LogP contribution in [0.25, 0.3) is 0 Å². The minimum Gasteiger partial charge on any atom is -0.407 e. The summed E-state index contributed by atoms with van der Waals surface area (Å²) >= 11 is 0. The van der Waals surface area contributed by atoms with Crippen molar-refractivity contribution in [2.45, 2.75) is 65.7 Å². The van der Waals surface area contributed by atoms with Crippen molar-refractivity contribution in [2.24, 2.45) is 5.92 Å². The molecule has 34 heavy (non-hydrogen) atoms. The molecule has 2 rings (SSSR count). The first-order valence-electron chi connectivity index (χ1n) is 12.3. The number of rotatable bonds is 12. The summed E-state index contributed by atoms with van der Waals surface area (Å²) in [4.78, 5) is 0. The molecule has 0 aliphatic carbocycles. The van der Waals surface area contributed by atoms with Gasteiger partial charge < -0.3 is 13.9 Å². The van der Waals surface area contributed by atoms with Crippen LogP contribution in [0.4, 0.5) is 0 Å². The molecule has 3 nitrogen and oxygen atoms in total. The molecule has 0 saturated carbocycles. The Labute approximate surface area is 209 Å². The first-order chi connectivity index (χ1) is 16.0. The largest absolute Gasteiger partial charge is 0.407 e. The lowest BCUT2D eigenvalue weighted by molar-refractivity contribution is -0.196. The Bertz CT molecular complexity index is 872. The predicted molar refractivity (Wildman–Crippen MR) is 147 cm³/mol. The maximum absolute atomic E-state index is 7.03. The maximum Gasteiger partial charge on any atom is 0.261 e. The van der Waals surface area contributed by atoms with E-state index in [9.17, 15) is 0 Å². The van der Waals surface area contributed by atoms with Crippen LogP contribution < -0.4 is 10.4 Å². The Morgan fingerprint density at radius 2 is 1.44 bits per heavy atom. The van der Waals surface area contributed by atoms with E-state index in [1.54, 1.807) is 7.11 Å². The number of methoxy groups -OCH3 is 1. The van der Waals surface area contributed by atoms with Crippen molar-refractivity contribution in [1.82, 2.24) is 0 Å². The molecular weight excluding hydrogens is 436 g/mol. The summed E-state index contributed by atoms with van der Waals surface area (Å²) in [6, 6.07) is 21.6. The van der Waals surface area contributed by atoms with E-state index < -0.39 is 14.1 Å². The van der Waals surface area contributed by atoms with Crippen LogP contribution in [-0.2, 0) is 13.9 Å². The molecule has 2 aromatic carbocycles. The van der Waals surface area contributed by atoms with Crippen molar-refractivity contribution < 1.29 is 13.9 Å². The van der Waals surface area contributed by atoms with Crippen molar-refractivity contribution in [3.8, 4) is 0 Å². The number of benzene rings is 2. The van der Waals surface area contributed by atoms with Gasteiger partial charge in [-0.1, -0.05) is 112 Å². The van der Waals surface area contributed by atoms with Crippen LogP contribution in [0.2, 0.25) is 5.04 Å². The zero-order valence-electron chi connectivity index (χ0n) is 22.4. The highest BCUT2D eigenvalue weighted by Gasteiger charge is 2.50. The van der Waals surface area contributed by atoms with Gasteiger partial charge in [0.05, 0.1) is 6.61 Å². The number of hydrogen-bond acceptors (Lipinski definition) is 3. The predicted octanol–water partition coefficient (Wildman–Crippen LogP) is 6.49. The molecule has 0 radical (unpaired) electrons. The van der Waals surface area contributed by atoms with E-state index in [4.69, 9.17) is 13.9 Å². The third-order valence-corrected chi connectivity index (χ3v) is 11.2. The molecule has 186 valence electrons. The number of ether oxygens (including phenoxy) is 2. The van der Waals surface area contributed by atoms with Gasteiger partial charge in [0.1, 0.15) is 0 Å². The summed E-state index contributed by atoms with van der Waals surface area (Å²) in [5.74, 6) is -0.238. The molecule has 0 N–H and O–H groups in total. The Morgan fingerprint density at radius 1 is 0.912 bits per heavy atom. The van der Waals surface area contributed by atoms with Crippen LogP contribution in [-0.4, -0.2) is 34.4 Å². The topological polar surface area (TPSA) is 27.7 Å². The van der Waals surface area contributed by atoms with Crippen LogP contribution in [0, 0.1) is 5.92 Å². The Kier molecular flexibility index (Phi) is 10.5. The fraction of sp³-hybridized carbons (Fsp3) is 0.467. The van der Waals surface area contributed by atoms with Crippen LogP contribution in [0.1, 0.15) is 54.9 Å². The quantitative estimate of drug-likeness (QED) is 0.197. The fourth-order valence-corrected chi connectivity index (χ4v) is 8.75. The Morgan fingerprint density at radius 3 is 1.91 bits per heavy atom. The van der Waals surface area contributed by atoms with Crippen LogP contribution in [0.15, 0.2) is 84.5 Å². The Balaban J connectivity index is 2.13. The minimum atomic E-state index is -2.49. The Hall–Kier alpha value is -1.98. The zero-order chi connectivity index (χ0) is 25.2. The molecule has 0 spiro atoms. The lowest BCUT2D eigenvalue weighted by Crippen LogP contribution is -2.66. The van der Waals surface area contributed by atoms with Crippen molar-refractivity contribution >= 4 is 18.7 Å². The van der Waals surface area contributed by atoms with Crippen molar-refractivity contribution in [2.75, 3.05) is 20.3 Å². The molecule has 0 amide bonds. The van der Waals surface area contributed by atoms with Gasteiger partial charge in [0, 0.05) is 13.7 Å². The van der Waals surface area contributed by atoms with E-state index in [1.165, 1.54) is 15.9 Å². The molecule has 0 aliphatic heterocycles. The van der Waals surface area contributed by atoms with E-state index in [-0.39, 0.29) is 5.04 Å². The maximum atomic E-state index is 7.03. The standard InChI is InChI=1S/C30H44O3Si/c1-25(22-23-32-30(6,7)31-8)16-15-17-26(2)24-33-34(29(3,4)5,27-18-11-9-12-19-27)28-20-13-10-14-21-28/h9-21,26H,22-24H2,1-8H3/b17-15+,25-16+/t26-/m1/s1. The molecule has 0 bridgehead atoms. The molecule has 0 aromatic heterocycles. The summed E-state index contributed by atoms with van der Waals surface area (Å²) in [5.41, 5.74) is 1.28. The van der Waals surface area contributed by atoms with Crippen molar-refractivity contribution in [1.29, 1.82) is 0 Å². The van der Waals surface area contributed by atoms with Gasteiger partial charge in [0.15, 0.2) is 5.79 Å². The van der Waals surface area contributed by atoms with Gasteiger partial charge in [0.2, 0.25) is 0 Å². The normalized spacial score (nSPS) is 14.5. The SMILES string of the molecule is COC(C)(C)OCC/C(C)=C/C=C/[C@@H](C)CO[Si](c1ccccc1)(c1ccccc1)C(C)(C)C. The van der Waals surface area contributed by atoms with E-state index in [0.29, 0.717) is 19.1 Å². The molecular formula is C30H44O3Si. The average molecular weight is 481 g/mol. The van der Waals surface area contributed by atoms with Gasteiger partial charge >= 0.3 is 0 Å². The minimum absolute atomic E-state index is 0.00832. The molecule has 0 fully saturated rings. The first kappa shape index (κ1) is 28.3. The van der Waals surface area contributed by atoms with Crippen LogP contribution in [0.3, 0.4) is 0 Å². The molecule has 2 aromatic rings.